The number of benzene rings is 1. The maximum atomic E-state index is 12.2. The average molecular weight is 309 g/mol. The first kappa shape index (κ1) is 15.9. The van der Waals surface area contributed by atoms with Crippen LogP contribution in [0.15, 0.2) is 29.2 Å². The Balaban J connectivity index is 1.87. The predicted molar refractivity (Wildman–Crippen MR) is 80.7 cm³/mol. The summed E-state index contributed by atoms with van der Waals surface area (Å²) >= 11 is 1.42. The van der Waals surface area contributed by atoms with Gasteiger partial charge in [-0.1, -0.05) is 0 Å². The number of hydrogen-bond donors (Lipinski definition) is 1. The molecule has 6 heteroatoms. The molecule has 2 rings (SSSR count). The van der Waals surface area contributed by atoms with Gasteiger partial charge >= 0.3 is 5.97 Å². The van der Waals surface area contributed by atoms with E-state index in [1.807, 2.05) is 18.7 Å². The highest BCUT2D eigenvalue weighted by Gasteiger charge is 2.25. The van der Waals surface area contributed by atoms with Gasteiger partial charge in [-0.15, -0.1) is 11.8 Å². The molecule has 0 saturated carbocycles. The number of hydrogen-bond acceptors (Lipinski definition) is 4. The van der Waals surface area contributed by atoms with Crippen LogP contribution in [0.25, 0.3) is 0 Å². The first-order valence-electron chi connectivity index (χ1n) is 6.85. The van der Waals surface area contributed by atoms with Crippen molar-refractivity contribution in [3.63, 3.8) is 0 Å². The highest BCUT2D eigenvalue weighted by molar-refractivity contribution is 8.00. The second-order valence-corrected chi connectivity index (χ2v) is 6.22. The summed E-state index contributed by atoms with van der Waals surface area (Å²) in [5, 5.41) is 8.83. The van der Waals surface area contributed by atoms with Gasteiger partial charge in [0.05, 0.1) is 23.5 Å². The lowest BCUT2D eigenvalue weighted by Crippen LogP contribution is -2.48. The van der Waals surface area contributed by atoms with Crippen LogP contribution in [0.1, 0.15) is 24.2 Å². The van der Waals surface area contributed by atoms with Crippen LogP contribution in [0.4, 0.5) is 0 Å². The molecule has 2 atom stereocenters. The number of rotatable bonds is 4. The van der Waals surface area contributed by atoms with Crippen molar-refractivity contribution in [3.05, 3.63) is 29.8 Å². The third kappa shape index (κ3) is 4.47. The van der Waals surface area contributed by atoms with E-state index in [1.165, 1.54) is 11.8 Å². The zero-order valence-corrected chi connectivity index (χ0v) is 12.9. The largest absolute Gasteiger partial charge is 0.478 e. The summed E-state index contributed by atoms with van der Waals surface area (Å²) in [4.78, 5) is 25.7. The topological polar surface area (TPSA) is 66.8 Å². The van der Waals surface area contributed by atoms with Crippen molar-refractivity contribution in [2.24, 2.45) is 0 Å². The smallest absolute Gasteiger partial charge is 0.335 e. The standard InChI is InChI=1S/C15H19NO4S/c1-10-7-16(8-11(2)20-10)14(17)9-21-13-5-3-12(4-6-13)15(18)19/h3-6,10-11H,7-9H2,1-2H3,(H,18,19). The van der Waals surface area contributed by atoms with Gasteiger partial charge < -0.3 is 14.7 Å². The number of carboxylic acid groups (broad SMARTS) is 1. The number of thioether (sulfide) groups is 1. The fraction of sp³-hybridized carbons (Fsp3) is 0.467. The molecule has 2 unspecified atom stereocenters. The molecule has 0 radical (unpaired) electrons. The fourth-order valence-electron chi connectivity index (χ4n) is 2.31. The van der Waals surface area contributed by atoms with Crippen LogP contribution in [-0.2, 0) is 9.53 Å². The summed E-state index contributed by atoms with van der Waals surface area (Å²) in [6, 6.07) is 6.56. The van der Waals surface area contributed by atoms with Gasteiger partial charge in [-0.2, -0.15) is 0 Å². The van der Waals surface area contributed by atoms with Crippen molar-refractivity contribution >= 4 is 23.6 Å². The van der Waals surface area contributed by atoms with Crippen molar-refractivity contribution in [2.45, 2.75) is 31.0 Å². The van der Waals surface area contributed by atoms with Gasteiger partial charge in [0.1, 0.15) is 0 Å². The molecule has 1 amide bonds. The number of nitrogens with zero attached hydrogens (tertiary/aromatic N) is 1. The maximum Gasteiger partial charge on any atom is 0.335 e. The van der Waals surface area contributed by atoms with E-state index in [0.29, 0.717) is 18.8 Å². The molecule has 0 aromatic heterocycles. The van der Waals surface area contributed by atoms with E-state index >= 15 is 0 Å². The van der Waals surface area contributed by atoms with E-state index in [-0.39, 0.29) is 23.7 Å². The van der Waals surface area contributed by atoms with E-state index in [4.69, 9.17) is 9.84 Å². The molecule has 114 valence electrons. The Hall–Kier alpha value is -1.53. The summed E-state index contributed by atoms with van der Waals surface area (Å²) in [6.45, 7) is 5.19. The Morgan fingerprint density at radius 3 is 2.33 bits per heavy atom. The van der Waals surface area contributed by atoms with Gasteiger partial charge in [0, 0.05) is 18.0 Å². The Bertz CT molecular complexity index is 507. The van der Waals surface area contributed by atoms with Crippen molar-refractivity contribution in [1.82, 2.24) is 4.90 Å². The molecule has 0 spiro atoms. The highest BCUT2D eigenvalue weighted by atomic mass is 32.2. The third-order valence-electron chi connectivity index (χ3n) is 3.24. The summed E-state index contributed by atoms with van der Waals surface area (Å²) in [6.07, 6.45) is 0.134. The van der Waals surface area contributed by atoms with Gasteiger partial charge in [0.2, 0.25) is 5.91 Å². The molecule has 1 saturated heterocycles. The van der Waals surface area contributed by atoms with Crippen LogP contribution in [0.5, 0.6) is 0 Å². The minimum atomic E-state index is -0.945. The van der Waals surface area contributed by atoms with E-state index in [0.717, 1.165) is 4.90 Å². The summed E-state index contributed by atoms with van der Waals surface area (Å²) < 4.78 is 5.61. The number of carbonyl (C=O) groups excluding carboxylic acids is 1. The molecule has 1 N–H and O–H groups in total. The molecule has 1 heterocycles. The van der Waals surface area contributed by atoms with Gasteiger partial charge in [-0.25, -0.2) is 4.79 Å². The van der Waals surface area contributed by atoms with Crippen molar-refractivity contribution in [3.8, 4) is 0 Å². The molecular formula is C15H19NO4S. The SMILES string of the molecule is CC1CN(C(=O)CSc2ccc(C(=O)O)cc2)CC(C)O1. The van der Waals surface area contributed by atoms with Crippen LogP contribution in [0.3, 0.4) is 0 Å². The van der Waals surface area contributed by atoms with E-state index in [9.17, 15) is 9.59 Å². The zero-order chi connectivity index (χ0) is 15.4. The Labute approximate surface area is 128 Å². The zero-order valence-electron chi connectivity index (χ0n) is 12.1. The first-order valence-corrected chi connectivity index (χ1v) is 7.83. The highest BCUT2D eigenvalue weighted by Crippen LogP contribution is 2.20. The minimum absolute atomic E-state index is 0.0672. The Morgan fingerprint density at radius 2 is 1.81 bits per heavy atom. The van der Waals surface area contributed by atoms with Gasteiger partial charge in [0.15, 0.2) is 0 Å². The average Bonchev–Trinajstić information content (AvgIpc) is 2.44. The van der Waals surface area contributed by atoms with E-state index < -0.39 is 5.97 Å². The lowest BCUT2D eigenvalue weighted by Gasteiger charge is -2.35. The van der Waals surface area contributed by atoms with Crippen molar-refractivity contribution < 1.29 is 19.4 Å². The molecule has 1 aliphatic heterocycles. The molecule has 21 heavy (non-hydrogen) atoms. The molecule has 5 nitrogen and oxygen atoms in total. The summed E-state index contributed by atoms with van der Waals surface area (Å²) in [5.74, 6) is -0.505. The number of morpholine rings is 1. The normalized spacial score (nSPS) is 22.1. The van der Waals surface area contributed by atoms with Gasteiger partial charge in [0.25, 0.3) is 0 Å². The fourth-order valence-corrected chi connectivity index (χ4v) is 3.11. The van der Waals surface area contributed by atoms with Crippen LogP contribution >= 0.6 is 11.8 Å². The number of ether oxygens (including phenoxy) is 1. The molecule has 1 aromatic carbocycles. The Morgan fingerprint density at radius 1 is 1.24 bits per heavy atom. The first-order chi connectivity index (χ1) is 9.95. The van der Waals surface area contributed by atoms with Gasteiger partial charge in [-0.3, -0.25) is 4.79 Å². The van der Waals surface area contributed by atoms with Crippen LogP contribution in [0, 0.1) is 0 Å². The second kappa shape index (κ2) is 6.95. The monoisotopic (exact) mass is 309 g/mol. The predicted octanol–water partition coefficient (Wildman–Crippen LogP) is 2.11. The molecule has 0 bridgehead atoms. The maximum absolute atomic E-state index is 12.2. The summed E-state index contributed by atoms with van der Waals surface area (Å²) in [7, 11) is 0. The van der Waals surface area contributed by atoms with E-state index in [1.54, 1.807) is 24.3 Å². The lowest BCUT2D eigenvalue weighted by atomic mass is 10.2. The number of amides is 1. The molecule has 1 fully saturated rings. The number of carbonyl (C=O) groups is 2. The van der Waals surface area contributed by atoms with Crippen LogP contribution in [-0.4, -0.2) is 52.9 Å². The van der Waals surface area contributed by atoms with Crippen molar-refractivity contribution in [2.75, 3.05) is 18.8 Å². The van der Waals surface area contributed by atoms with Gasteiger partial charge in [-0.05, 0) is 38.1 Å². The molecular weight excluding hydrogens is 290 g/mol. The molecule has 0 aliphatic carbocycles. The van der Waals surface area contributed by atoms with Crippen molar-refractivity contribution in [1.29, 1.82) is 0 Å². The minimum Gasteiger partial charge on any atom is -0.478 e. The lowest BCUT2D eigenvalue weighted by molar-refractivity contribution is -0.140. The molecule has 1 aromatic rings. The summed E-state index contributed by atoms with van der Waals surface area (Å²) in [5.41, 5.74) is 0.251. The Kier molecular flexibility index (Phi) is 5.25. The third-order valence-corrected chi connectivity index (χ3v) is 4.23. The number of aromatic carboxylic acids is 1. The van der Waals surface area contributed by atoms with Crippen LogP contribution < -0.4 is 0 Å². The second-order valence-electron chi connectivity index (χ2n) is 5.17. The number of carboxylic acids is 1. The molecule has 1 aliphatic rings. The van der Waals surface area contributed by atoms with Crippen LogP contribution in [0.2, 0.25) is 0 Å². The van der Waals surface area contributed by atoms with E-state index in [2.05, 4.69) is 0 Å². The quantitative estimate of drug-likeness (QED) is 0.863.